The molecule has 1 aromatic rings. The normalized spacial score (nSPS) is 18.8. The summed E-state index contributed by atoms with van der Waals surface area (Å²) in [5, 5.41) is 9.04. The van der Waals surface area contributed by atoms with Crippen LogP contribution in [-0.2, 0) is 4.79 Å². The first-order valence-corrected chi connectivity index (χ1v) is 10.1. The number of carboxylic acid groups (broad SMARTS) is 1. The zero-order chi connectivity index (χ0) is 19.2. The minimum Gasteiger partial charge on any atom is -0.490 e. The molecule has 0 aromatic heterocycles. The van der Waals surface area contributed by atoms with E-state index in [0.717, 1.165) is 31.4 Å². The molecule has 1 aromatic carbocycles. The van der Waals surface area contributed by atoms with Crippen LogP contribution in [0, 0.1) is 0 Å². The molecular formula is C21H30N2O4. The van der Waals surface area contributed by atoms with Gasteiger partial charge in [-0.25, -0.2) is 0 Å². The zero-order valence-corrected chi connectivity index (χ0v) is 16.1. The second kappa shape index (κ2) is 9.22. The van der Waals surface area contributed by atoms with Crippen LogP contribution >= 0.6 is 0 Å². The van der Waals surface area contributed by atoms with Crippen LogP contribution in [0.25, 0.3) is 0 Å². The molecule has 27 heavy (non-hydrogen) atoms. The highest BCUT2D eigenvalue weighted by atomic mass is 16.5. The molecule has 0 bridgehead atoms. The molecule has 3 rings (SSSR count). The summed E-state index contributed by atoms with van der Waals surface area (Å²) < 4.78 is 6.02. The van der Waals surface area contributed by atoms with E-state index in [1.165, 1.54) is 12.8 Å². The maximum Gasteiger partial charge on any atom is 0.317 e. The van der Waals surface area contributed by atoms with E-state index < -0.39 is 5.97 Å². The van der Waals surface area contributed by atoms with Crippen molar-refractivity contribution in [1.29, 1.82) is 0 Å². The van der Waals surface area contributed by atoms with Crippen molar-refractivity contribution in [2.75, 3.05) is 26.2 Å². The van der Waals surface area contributed by atoms with E-state index in [9.17, 15) is 9.59 Å². The van der Waals surface area contributed by atoms with E-state index in [0.29, 0.717) is 25.2 Å². The molecule has 1 N–H and O–H groups in total. The number of hydrogen-bond acceptors (Lipinski definition) is 4. The maximum absolute atomic E-state index is 12.9. The maximum atomic E-state index is 12.9. The number of carbonyl (C=O) groups is 2. The fraction of sp³-hybridized carbons (Fsp3) is 0.619. The second-order valence-electron chi connectivity index (χ2n) is 7.53. The molecule has 2 fully saturated rings. The molecule has 0 unspecified atom stereocenters. The van der Waals surface area contributed by atoms with Crippen molar-refractivity contribution >= 4 is 11.9 Å². The number of carboxylic acids is 1. The molecule has 6 heteroatoms. The Morgan fingerprint density at radius 1 is 1.19 bits per heavy atom. The molecule has 1 saturated heterocycles. The Morgan fingerprint density at radius 2 is 1.89 bits per heavy atom. The van der Waals surface area contributed by atoms with Crippen LogP contribution in [0.15, 0.2) is 24.3 Å². The zero-order valence-electron chi connectivity index (χ0n) is 16.1. The van der Waals surface area contributed by atoms with Crippen LogP contribution in [0.3, 0.4) is 0 Å². The second-order valence-corrected chi connectivity index (χ2v) is 7.53. The van der Waals surface area contributed by atoms with E-state index in [2.05, 4.69) is 0 Å². The molecule has 0 spiro atoms. The lowest BCUT2D eigenvalue weighted by molar-refractivity contribution is -0.139. The van der Waals surface area contributed by atoms with Crippen LogP contribution in [-0.4, -0.2) is 65.1 Å². The van der Waals surface area contributed by atoms with Crippen molar-refractivity contribution in [2.45, 2.75) is 57.6 Å². The van der Waals surface area contributed by atoms with Gasteiger partial charge in [-0.1, -0.05) is 13.0 Å². The highest BCUT2D eigenvalue weighted by molar-refractivity contribution is 5.94. The molecule has 0 atom stereocenters. The SMILES string of the molecule is CCN(CC(=O)O)C1CCN(C(=O)c2cccc(OC3CCCC3)c2)CC1. The third-order valence-electron chi connectivity index (χ3n) is 5.70. The molecule has 1 amide bonds. The van der Waals surface area contributed by atoms with Gasteiger partial charge < -0.3 is 14.7 Å². The quantitative estimate of drug-likeness (QED) is 0.794. The summed E-state index contributed by atoms with van der Waals surface area (Å²) >= 11 is 0. The summed E-state index contributed by atoms with van der Waals surface area (Å²) in [7, 11) is 0. The largest absolute Gasteiger partial charge is 0.490 e. The lowest BCUT2D eigenvalue weighted by Crippen LogP contribution is -2.48. The highest BCUT2D eigenvalue weighted by Gasteiger charge is 2.28. The predicted molar refractivity (Wildman–Crippen MR) is 103 cm³/mol. The average Bonchev–Trinajstić information content (AvgIpc) is 3.19. The Balaban J connectivity index is 1.56. The highest BCUT2D eigenvalue weighted by Crippen LogP contribution is 2.25. The Kier molecular flexibility index (Phi) is 6.72. The number of ether oxygens (including phenoxy) is 1. The van der Waals surface area contributed by atoms with Crippen LogP contribution in [0.5, 0.6) is 5.75 Å². The smallest absolute Gasteiger partial charge is 0.317 e. The van der Waals surface area contributed by atoms with Crippen molar-refractivity contribution in [3.63, 3.8) is 0 Å². The first kappa shape index (κ1) is 19.7. The van der Waals surface area contributed by atoms with Crippen molar-refractivity contribution in [1.82, 2.24) is 9.80 Å². The Labute approximate surface area is 161 Å². The third-order valence-corrected chi connectivity index (χ3v) is 5.70. The summed E-state index contributed by atoms with van der Waals surface area (Å²) in [4.78, 5) is 27.7. The minimum absolute atomic E-state index is 0.0339. The van der Waals surface area contributed by atoms with Crippen LogP contribution < -0.4 is 4.74 Å². The topological polar surface area (TPSA) is 70.1 Å². The predicted octanol–water partition coefficient (Wildman–Crippen LogP) is 3.02. The number of aliphatic carboxylic acids is 1. The van der Waals surface area contributed by atoms with Crippen LogP contribution in [0.1, 0.15) is 55.8 Å². The van der Waals surface area contributed by atoms with Gasteiger partial charge in [-0.05, 0) is 63.3 Å². The summed E-state index contributed by atoms with van der Waals surface area (Å²) in [6.07, 6.45) is 6.52. The van der Waals surface area contributed by atoms with Crippen molar-refractivity contribution in [3.8, 4) is 5.75 Å². The molecule has 1 aliphatic heterocycles. The third kappa shape index (κ3) is 5.22. The number of carbonyl (C=O) groups excluding carboxylic acids is 1. The lowest BCUT2D eigenvalue weighted by Gasteiger charge is -2.37. The number of piperidine rings is 1. The summed E-state index contributed by atoms with van der Waals surface area (Å²) in [6, 6.07) is 7.74. The number of hydrogen-bond donors (Lipinski definition) is 1. The average molecular weight is 374 g/mol. The van der Waals surface area contributed by atoms with Gasteiger partial charge in [-0.3, -0.25) is 14.5 Å². The number of nitrogens with zero attached hydrogens (tertiary/aromatic N) is 2. The number of rotatable bonds is 7. The van der Waals surface area contributed by atoms with Crippen molar-refractivity contribution in [3.05, 3.63) is 29.8 Å². The van der Waals surface area contributed by atoms with E-state index in [-0.39, 0.29) is 24.6 Å². The van der Waals surface area contributed by atoms with Gasteiger partial charge in [0.2, 0.25) is 0 Å². The molecule has 0 radical (unpaired) electrons. The van der Waals surface area contributed by atoms with Gasteiger partial charge in [0, 0.05) is 24.7 Å². The van der Waals surface area contributed by atoms with Gasteiger partial charge in [0.15, 0.2) is 0 Å². The fourth-order valence-electron chi connectivity index (χ4n) is 4.19. The van der Waals surface area contributed by atoms with Crippen molar-refractivity contribution < 1.29 is 19.4 Å². The Bertz CT molecular complexity index is 649. The van der Waals surface area contributed by atoms with Crippen LogP contribution in [0.2, 0.25) is 0 Å². The fourth-order valence-corrected chi connectivity index (χ4v) is 4.19. The first-order valence-electron chi connectivity index (χ1n) is 10.1. The van der Waals surface area contributed by atoms with Crippen molar-refractivity contribution in [2.24, 2.45) is 0 Å². The van der Waals surface area contributed by atoms with Gasteiger partial charge in [0.25, 0.3) is 5.91 Å². The summed E-state index contributed by atoms with van der Waals surface area (Å²) in [5.41, 5.74) is 0.668. The molecule has 2 aliphatic rings. The molecule has 1 heterocycles. The standard InChI is InChI=1S/C21H30N2O4/c1-2-22(15-20(24)25)17-10-12-23(13-11-17)21(26)16-6-5-9-19(14-16)27-18-7-3-4-8-18/h5-6,9,14,17-18H,2-4,7-8,10-13,15H2,1H3,(H,24,25). The van der Waals surface area contributed by atoms with Gasteiger partial charge >= 0.3 is 5.97 Å². The van der Waals surface area contributed by atoms with Gasteiger partial charge in [0.1, 0.15) is 5.75 Å². The molecule has 1 aliphatic carbocycles. The molecule has 1 saturated carbocycles. The Hall–Kier alpha value is -2.08. The lowest BCUT2D eigenvalue weighted by atomic mass is 10.0. The van der Waals surface area contributed by atoms with Crippen LogP contribution in [0.4, 0.5) is 0 Å². The first-order chi connectivity index (χ1) is 13.1. The Morgan fingerprint density at radius 3 is 2.52 bits per heavy atom. The molecule has 148 valence electrons. The molecular weight excluding hydrogens is 344 g/mol. The van der Waals surface area contributed by atoms with E-state index in [4.69, 9.17) is 9.84 Å². The number of amides is 1. The van der Waals surface area contributed by atoms with Gasteiger partial charge in [-0.2, -0.15) is 0 Å². The summed E-state index contributed by atoms with van der Waals surface area (Å²) in [6.45, 7) is 4.08. The number of likely N-dealkylation sites (tertiary alicyclic amines) is 1. The van der Waals surface area contributed by atoms with Gasteiger partial charge in [0.05, 0.1) is 12.6 Å². The monoisotopic (exact) mass is 374 g/mol. The number of likely N-dealkylation sites (N-methyl/N-ethyl adjacent to an activating group) is 1. The van der Waals surface area contributed by atoms with E-state index in [1.54, 1.807) is 0 Å². The molecule has 6 nitrogen and oxygen atoms in total. The van der Waals surface area contributed by atoms with E-state index in [1.807, 2.05) is 41.0 Å². The number of benzene rings is 1. The minimum atomic E-state index is -0.797. The van der Waals surface area contributed by atoms with E-state index >= 15 is 0 Å². The summed E-state index contributed by atoms with van der Waals surface area (Å²) in [5.74, 6) is 0.0160. The van der Waals surface area contributed by atoms with Gasteiger partial charge in [-0.15, -0.1) is 0 Å².